The second-order valence-corrected chi connectivity index (χ2v) is 4.82. The Labute approximate surface area is 105 Å². The van der Waals surface area contributed by atoms with Crippen LogP contribution in [0, 0.1) is 5.92 Å². The van der Waals surface area contributed by atoms with E-state index in [2.05, 4.69) is 44.3 Å². The quantitative estimate of drug-likeness (QED) is 0.781. The van der Waals surface area contributed by atoms with Crippen LogP contribution in [0.5, 0.6) is 5.75 Å². The van der Waals surface area contributed by atoms with Crippen molar-refractivity contribution in [3.8, 4) is 5.75 Å². The fourth-order valence-corrected chi connectivity index (χ4v) is 1.88. The molecule has 0 bridgehead atoms. The molecule has 0 heterocycles. The molecule has 2 nitrogen and oxygen atoms in total. The molecule has 2 atom stereocenters. The Kier molecular flexibility index (Phi) is 6.06. The topological polar surface area (TPSA) is 21.3 Å². The zero-order valence-electron chi connectivity index (χ0n) is 11.5. The predicted octanol–water partition coefficient (Wildman–Crippen LogP) is 3.43. The van der Waals surface area contributed by atoms with Gasteiger partial charge in [0, 0.05) is 12.5 Å². The molecule has 1 aromatic carbocycles. The number of para-hydroxylation sites is 1. The molecule has 0 aliphatic rings. The molecular weight excluding hydrogens is 210 g/mol. The van der Waals surface area contributed by atoms with Gasteiger partial charge in [-0.05, 0) is 31.0 Å². The summed E-state index contributed by atoms with van der Waals surface area (Å²) in [4.78, 5) is 0. The van der Waals surface area contributed by atoms with Gasteiger partial charge in [-0.1, -0.05) is 39.0 Å². The summed E-state index contributed by atoms with van der Waals surface area (Å²) in [5.41, 5.74) is 1.33. The van der Waals surface area contributed by atoms with Crippen LogP contribution >= 0.6 is 0 Å². The van der Waals surface area contributed by atoms with E-state index in [0.717, 1.165) is 25.3 Å². The van der Waals surface area contributed by atoms with Crippen LogP contribution in [0.3, 0.4) is 0 Å². The molecule has 2 unspecified atom stereocenters. The van der Waals surface area contributed by atoms with Crippen molar-refractivity contribution in [3.05, 3.63) is 29.8 Å². The number of nitrogens with one attached hydrogen (secondary N) is 1. The maximum atomic E-state index is 5.93. The molecule has 17 heavy (non-hydrogen) atoms. The molecule has 1 aromatic rings. The SMILES string of the molecule is CCC(C)c1ccccc1OCC(C)CNC. The van der Waals surface area contributed by atoms with Crippen LogP contribution in [0.2, 0.25) is 0 Å². The Morgan fingerprint density at radius 3 is 2.59 bits per heavy atom. The molecule has 0 amide bonds. The van der Waals surface area contributed by atoms with E-state index in [1.165, 1.54) is 5.56 Å². The Balaban J connectivity index is 2.63. The highest BCUT2D eigenvalue weighted by molar-refractivity contribution is 5.35. The lowest BCUT2D eigenvalue weighted by Gasteiger charge is -2.18. The minimum Gasteiger partial charge on any atom is -0.493 e. The molecule has 96 valence electrons. The van der Waals surface area contributed by atoms with Gasteiger partial charge in [-0.25, -0.2) is 0 Å². The van der Waals surface area contributed by atoms with Gasteiger partial charge in [0.2, 0.25) is 0 Å². The van der Waals surface area contributed by atoms with Gasteiger partial charge in [0.25, 0.3) is 0 Å². The molecule has 1 N–H and O–H groups in total. The van der Waals surface area contributed by atoms with Crippen molar-refractivity contribution >= 4 is 0 Å². The summed E-state index contributed by atoms with van der Waals surface area (Å²) in [6.45, 7) is 8.42. The molecule has 2 heteroatoms. The normalized spacial score (nSPS) is 14.4. The zero-order valence-corrected chi connectivity index (χ0v) is 11.5. The van der Waals surface area contributed by atoms with Crippen molar-refractivity contribution in [2.45, 2.75) is 33.1 Å². The highest BCUT2D eigenvalue weighted by Crippen LogP contribution is 2.28. The van der Waals surface area contributed by atoms with Crippen molar-refractivity contribution in [1.82, 2.24) is 5.32 Å². The molecule has 0 aromatic heterocycles. The van der Waals surface area contributed by atoms with Crippen LogP contribution in [0.4, 0.5) is 0 Å². The Hall–Kier alpha value is -1.02. The van der Waals surface area contributed by atoms with Gasteiger partial charge in [0.1, 0.15) is 5.75 Å². The number of rotatable bonds is 7. The maximum absolute atomic E-state index is 5.93. The van der Waals surface area contributed by atoms with Gasteiger partial charge in [-0.15, -0.1) is 0 Å². The molecule has 0 fully saturated rings. The van der Waals surface area contributed by atoms with E-state index in [9.17, 15) is 0 Å². The molecule has 0 saturated carbocycles. The highest BCUT2D eigenvalue weighted by Gasteiger charge is 2.10. The standard InChI is InChI=1S/C15H25NO/c1-5-13(3)14-8-6-7-9-15(14)17-11-12(2)10-16-4/h6-9,12-13,16H,5,10-11H2,1-4H3. The summed E-state index contributed by atoms with van der Waals surface area (Å²) in [7, 11) is 1.98. The molecule has 0 spiro atoms. The van der Waals surface area contributed by atoms with E-state index in [1.807, 2.05) is 13.1 Å². The lowest BCUT2D eigenvalue weighted by molar-refractivity contribution is 0.255. The first-order valence-electron chi connectivity index (χ1n) is 6.55. The third kappa shape index (κ3) is 4.39. The summed E-state index contributed by atoms with van der Waals surface area (Å²) in [6.07, 6.45) is 1.15. The minimum absolute atomic E-state index is 0.532. The Morgan fingerprint density at radius 2 is 1.94 bits per heavy atom. The van der Waals surface area contributed by atoms with E-state index in [0.29, 0.717) is 11.8 Å². The van der Waals surface area contributed by atoms with E-state index in [4.69, 9.17) is 4.74 Å². The smallest absolute Gasteiger partial charge is 0.122 e. The molecule has 0 radical (unpaired) electrons. The fourth-order valence-electron chi connectivity index (χ4n) is 1.88. The van der Waals surface area contributed by atoms with E-state index < -0.39 is 0 Å². The number of benzene rings is 1. The molecule has 1 rings (SSSR count). The van der Waals surface area contributed by atoms with E-state index in [-0.39, 0.29) is 0 Å². The first-order valence-corrected chi connectivity index (χ1v) is 6.55. The van der Waals surface area contributed by atoms with Gasteiger partial charge >= 0.3 is 0 Å². The van der Waals surface area contributed by atoms with Crippen molar-refractivity contribution in [1.29, 1.82) is 0 Å². The number of ether oxygens (including phenoxy) is 1. The lowest BCUT2D eigenvalue weighted by atomic mass is 9.98. The largest absolute Gasteiger partial charge is 0.493 e. The maximum Gasteiger partial charge on any atom is 0.122 e. The molecule has 0 aliphatic carbocycles. The third-order valence-electron chi connectivity index (χ3n) is 3.14. The average molecular weight is 235 g/mol. The zero-order chi connectivity index (χ0) is 12.7. The van der Waals surface area contributed by atoms with Crippen molar-refractivity contribution < 1.29 is 4.74 Å². The van der Waals surface area contributed by atoms with Crippen LogP contribution in [-0.4, -0.2) is 20.2 Å². The van der Waals surface area contributed by atoms with Crippen LogP contribution in [0.1, 0.15) is 38.7 Å². The minimum atomic E-state index is 0.532. The molecule has 0 aliphatic heterocycles. The molecule has 0 saturated heterocycles. The third-order valence-corrected chi connectivity index (χ3v) is 3.14. The molecular formula is C15H25NO. The van der Waals surface area contributed by atoms with Gasteiger partial charge < -0.3 is 10.1 Å². The summed E-state index contributed by atoms with van der Waals surface area (Å²) in [6, 6.07) is 8.38. The van der Waals surface area contributed by atoms with E-state index in [1.54, 1.807) is 0 Å². The number of hydrogen-bond donors (Lipinski definition) is 1. The Morgan fingerprint density at radius 1 is 1.24 bits per heavy atom. The highest BCUT2D eigenvalue weighted by atomic mass is 16.5. The second-order valence-electron chi connectivity index (χ2n) is 4.82. The van der Waals surface area contributed by atoms with Crippen LogP contribution in [-0.2, 0) is 0 Å². The lowest BCUT2D eigenvalue weighted by Crippen LogP contribution is -2.22. The summed E-state index contributed by atoms with van der Waals surface area (Å²) >= 11 is 0. The van der Waals surface area contributed by atoms with Crippen molar-refractivity contribution in [3.63, 3.8) is 0 Å². The summed E-state index contributed by atoms with van der Waals surface area (Å²) in [5.74, 6) is 2.14. The van der Waals surface area contributed by atoms with Gasteiger partial charge in [0.15, 0.2) is 0 Å². The van der Waals surface area contributed by atoms with Crippen molar-refractivity contribution in [2.75, 3.05) is 20.2 Å². The van der Waals surface area contributed by atoms with Crippen LogP contribution in [0.25, 0.3) is 0 Å². The summed E-state index contributed by atoms with van der Waals surface area (Å²) in [5, 5.41) is 3.17. The first kappa shape index (κ1) is 14.0. The Bertz CT molecular complexity index is 324. The van der Waals surface area contributed by atoms with Crippen LogP contribution < -0.4 is 10.1 Å². The monoisotopic (exact) mass is 235 g/mol. The van der Waals surface area contributed by atoms with Gasteiger partial charge in [0.05, 0.1) is 6.61 Å². The van der Waals surface area contributed by atoms with Gasteiger partial charge in [-0.3, -0.25) is 0 Å². The van der Waals surface area contributed by atoms with Crippen LogP contribution in [0.15, 0.2) is 24.3 Å². The average Bonchev–Trinajstić information content (AvgIpc) is 2.36. The first-order chi connectivity index (χ1) is 8.19. The van der Waals surface area contributed by atoms with Gasteiger partial charge in [-0.2, -0.15) is 0 Å². The second kappa shape index (κ2) is 7.33. The number of hydrogen-bond acceptors (Lipinski definition) is 2. The predicted molar refractivity (Wildman–Crippen MR) is 73.7 cm³/mol. The van der Waals surface area contributed by atoms with E-state index >= 15 is 0 Å². The summed E-state index contributed by atoms with van der Waals surface area (Å²) < 4.78 is 5.93. The van der Waals surface area contributed by atoms with Crippen molar-refractivity contribution in [2.24, 2.45) is 5.92 Å². The fraction of sp³-hybridized carbons (Fsp3) is 0.600.